The highest BCUT2D eigenvalue weighted by molar-refractivity contribution is 6.31. The Morgan fingerprint density at radius 3 is 3.00 bits per heavy atom. The number of aromatic nitrogens is 4. The molecule has 0 radical (unpaired) electrons. The molecule has 0 fully saturated rings. The Bertz CT molecular complexity index is 601. The molecule has 0 spiro atoms. The van der Waals surface area contributed by atoms with Crippen molar-refractivity contribution in [3.05, 3.63) is 35.0 Å². The third kappa shape index (κ3) is 3.42. The zero-order valence-corrected chi connectivity index (χ0v) is 11.2. The van der Waals surface area contributed by atoms with Crippen molar-refractivity contribution in [1.29, 1.82) is 5.26 Å². The quantitative estimate of drug-likeness (QED) is 0.904. The lowest BCUT2D eigenvalue weighted by Crippen LogP contribution is -2.07. The second-order valence-electron chi connectivity index (χ2n) is 3.93. The fourth-order valence-corrected chi connectivity index (χ4v) is 1.69. The van der Waals surface area contributed by atoms with E-state index in [0.717, 1.165) is 18.8 Å². The van der Waals surface area contributed by atoms with Crippen molar-refractivity contribution in [3.8, 4) is 6.07 Å². The third-order valence-electron chi connectivity index (χ3n) is 2.42. The molecule has 0 aliphatic heterocycles. The van der Waals surface area contributed by atoms with Gasteiger partial charge in [-0.1, -0.05) is 18.5 Å². The molecule has 19 heavy (non-hydrogen) atoms. The van der Waals surface area contributed by atoms with E-state index in [1.807, 2.05) is 12.1 Å². The van der Waals surface area contributed by atoms with E-state index < -0.39 is 0 Å². The molecule has 0 saturated carbocycles. The SMILES string of the molecule is CCCNc1ccc(Cl)c(Cn2cnc(C#N)n2)n1. The molecule has 2 heterocycles. The maximum Gasteiger partial charge on any atom is 0.252 e. The molecule has 0 bridgehead atoms. The van der Waals surface area contributed by atoms with E-state index in [1.54, 1.807) is 6.07 Å². The second-order valence-corrected chi connectivity index (χ2v) is 4.34. The highest BCUT2D eigenvalue weighted by Gasteiger charge is 2.07. The van der Waals surface area contributed by atoms with E-state index >= 15 is 0 Å². The van der Waals surface area contributed by atoms with Gasteiger partial charge in [-0.3, -0.25) is 0 Å². The van der Waals surface area contributed by atoms with Crippen LogP contribution in [0.5, 0.6) is 0 Å². The molecule has 0 saturated heterocycles. The van der Waals surface area contributed by atoms with Gasteiger partial charge in [0.1, 0.15) is 18.2 Å². The summed E-state index contributed by atoms with van der Waals surface area (Å²) in [6, 6.07) is 5.51. The first-order valence-electron chi connectivity index (χ1n) is 5.91. The molecule has 0 unspecified atom stereocenters. The molecule has 0 atom stereocenters. The van der Waals surface area contributed by atoms with Gasteiger partial charge in [-0.15, -0.1) is 5.10 Å². The van der Waals surface area contributed by atoms with Crippen molar-refractivity contribution in [2.24, 2.45) is 0 Å². The largest absolute Gasteiger partial charge is 0.370 e. The van der Waals surface area contributed by atoms with E-state index in [9.17, 15) is 0 Å². The average molecular weight is 277 g/mol. The number of hydrogen-bond acceptors (Lipinski definition) is 5. The van der Waals surface area contributed by atoms with Crippen molar-refractivity contribution in [2.45, 2.75) is 19.9 Å². The third-order valence-corrected chi connectivity index (χ3v) is 2.77. The molecule has 0 aliphatic rings. The predicted octanol–water partition coefficient (Wildman–Crippen LogP) is 2.07. The van der Waals surface area contributed by atoms with Gasteiger partial charge in [-0.05, 0) is 18.6 Å². The summed E-state index contributed by atoms with van der Waals surface area (Å²) < 4.78 is 1.54. The standard InChI is InChI=1S/C12H13ClN6/c1-2-5-15-11-4-3-9(13)10(17-11)7-19-8-16-12(6-14)18-19/h3-4,8H,2,5,7H2,1H3,(H,15,17). The van der Waals surface area contributed by atoms with Gasteiger partial charge in [0.05, 0.1) is 17.3 Å². The van der Waals surface area contributed by atoms with Crippen LogP contribution >= 0.6 is 11.6 Å². The van der Waals surface area contributed by atoms with Crippen LogP contribution in [0, 0.1) is 11.3 Å². The zero-order valence-electron chi connectivity index (χ0n) is 10.5. The van der Waals surface area contributed by atoms with Crippen LogP contribution in [0.4, 0.5) is 5.82 Å². The summed E-state index contributed by atoms with van der Waals surface area (Å²) in [5.74, 6) is 0.915. The van der Waals surface area contributed by atoms with E-state index in [2.05, 4.69) is 27.3 Å². The molecular formula is C12H13ClN6. The minimum absolute atomic E-state index is 0.136. The van der Waals surface area contributed by atoms with E-state index in [1.165, 1.54) is 11.0 Å². The smallest absolute Gasteiger partial charge is 0.252 e. The lowest BCUT2D eigenvalue weighted by atomic mass is 10.3. The first-order valence-corrected chi connectivity index (χ1v) is 6.29. The minimum Gasteiger partial charge on any atom is -0.370 e. The molecule has 2 aromatic rings. The molecule has 98 valence electrons. The molecule has 1 N–H and O–H groups in total. The molecule has 0 aliphatic carbocycles. The summed E-state index contributed by atoms with van der Waals surface area (Å²) in [5.41, 5.74) is 0.692. The second kappa shape index (κ2) is 6.16. The van der Waals surface area contributed by atoms with E-state index in [-0.39, 0.29) is 5.82 Å². The Balaban J connectivity index is 2.16. The van der Waals surface area contributed by atoms with Crippen LogP contribution in [0.3, 0.4) is 0 Å². The van der Waals surface area contributed by atoms with E-state index in [4.69, 9.17) is 16.9 Å². The number of pyridine rings is 1. The van der Waals surface area contributed by atoms with E-state index in [0.29, 0.717) is 17.3 Å². The van der Waals surface area contributed by atoms with Crippen LogP contribution in [0.2, 0.25) is 5.02 Å². The van der Waals surface area contributed by atoms with Crippen LogP contribution in [0.25, 0.3) is 0 Å². The summed E-state index contributed by atoms with van der Waals surface area (Å²) >= 11 is 6.10. The Morgan fingerprint density at radius 1 is 1.47 bits per heavy atom. The summed E-state index contributed by atoms with van der Waals surface area (Å²) in [4.78, 5) is 8.26. The normalized spacial score (nSPS) is 10.2. The monoisotopic (exact) mass is 276 g/mol. The van der Waals surface area contributed by atoms with Gasteiger partial charge in [-0.2, -0.15) is 5.26 Å². The predicted molar refractivity (Wildman–Crippen MR) is 71.9 cm³/mol. The molecule has 2 aromatic heterocycles. The fourth-order valence-electron chi connectivity index (χ4n) is 1.52. The molecule has 0 aromatic carbocycles. The fraction of sp³-hybridized carbons (Fsp3) is 0.333. The molecule has 7 heteroatoms. The van der Waals surface area contributed by atoms with Crippen molar-refractivity contribution in [1.82, 2.24) is 19.7 Å². The number of nitrogens with one attached hydrogen (secondary N) is 1. The summed E-state index contributed by atoms with van der Waals surface area (Å²) in [7, 11) is 0. The zero-order chi connectivity index (χ0) is 13.7. The van der Waals surface area contributed by atoms with Gasteiger partial charge in [0.25, 0.3) is 5.82 Å². The summed E-state index contributed by atoms with van der Waals surface area (Å²) in [6.07, 6.45) is 2.51. The highest BCUT2D eigenvalue weighted by atomic mass is 35.5. The molecular weight excluding hydrogens is 264 g/mol. The number of nitriles is 1. The van der Waals surface area contributed by atoms with Crippen LogP contribution in [0.15, 0.2) is 18.5 Å². The summed E-state index contributed by atoms with van der Waals surface area (Å²) in [5, 5.41) is 16.4. The number of hydrogen-bond donors (Lipinski definition) is 1. The Hall–Kier alpha value is -2.13. The number of halogens is 1. The van der Waals surface area contributed by atoms with Gasteiger partial charge >= 0.3 is 0 Å². The number of rotatable bonds is 5. The molecule has 2 rings (SSSR count). The van der Waals surface area contributed by atoms with Crippen LogP contribution in [-0.4, -0.2) is 26.3 Å². The first-order chi connectivity index (χ1) is 9.22. The first kappa shape index (κ1) is 13.3. The highest BCUT2D eigenvalue weighted by Crippen LogP contribution is 2.17. The van der Waals surface area contributed by atoms with Crippen molar-refractivity contribution in [3.63, 3.8) is 0 Å². The molecule has 6 nitrogen and oxygen atoms in total. The number of anilines is 1. The van der Waals surface area contributed by atoms with Gasteiger partial charge in [0.15, 0.2) is 0 Å². The van der Waals surface area contributed by atoms with Crippen molar-refractivity contribution in [2.75, 3.05) is 11.9 Å². The Kier molecular flexibility index (Phi) is 4.31. The number of nitrogens with zero attached hydrogens (tertiary/aromatic N) is 5. The Labute approximate surface area is 116 Å². The average Bonchev–Trinajstić information content (AvgIpc) is 2.87. The van der Waals surface area contributed by atoms with Crippen LogP contribution in [0.1, 0.15) is 24.9 Å². The minimum atomic E-state index is 0.136. The van der Waals surface area contributed by atoms with Crippen molar-refractivity contribution >= 4 is 17.4 Å². The maximum atomic E-state index is 8.67. The van der Waals surface area contributed by atoms with Gasteiger partial charge < -0.3 is 5.32 Å². The van der Waals surface area contributed by atoms with Gasteiger partial charge in [0.2, 0.25) is 0 Å². The van der Waals surface area contributed by atoms with Gasteiger partial charge in [-0.25, -0.2) is 14.6 Å². The lowest BCUT2D eigenvalue weighted by Gasteiger charge is -2.08. The lowest BCUT2D eigenvalue weighted by molar-refractivity contribution is 0.669. The van der Waals surface area contributed by atoms with Crippen molar-refractivity contribution < 1.29 is 0 Å². The molecule has 0 amide bonds. The van der Waals surface area contributed by atoms with Crippen LogP contribution < -0.4 is 5.32 Å². The van der Waals surface area contributed by atoms with Crippen LogP contribution in [-0.2, 0) is 6.54 Å². The topological polar surface area (TPSA) is 79.4 Å². The maximum absolute atomic E-state index is 8.67. The Morgan fingerprint density at radius 2 is 2.32 bits per heavy atom. The van der Waals surface area contributed by atoms with Gasteiger partial charge in [0, 0.05) is 6.54 Å². The summed E-state index contributed by atoms with van der Waals surface area (Å²) in [6.45, 7) is 3.33.